The van der Waals surface area contributed by atoms with Crippen LogP contribution in [0.25, 0.3) is 0 Å². The first-order chi connectivity index (χ1) is 10.3. The van der Waals surface area contributed by atoms with Crippen LogP contribution in [-0.2, 0) is 19.1 Å². The van der Waals surface area contributed by atoms with Crippen LogP contribution >= 0.6 is 0 Å². The molecule has 3 fully saturated rings. The van der Waals surface area contributed by atoms with Crippen LogP contribution in [0.5, 0.6) is 0 Å². The molecule has 0 aromatic rings. The highest BCUT2D eigenvalue weighted by Gasteiger charge is 2.54. The first-order valence-electron chi connectivity index (χ1n) is 8.11. The van der Waals surface area contributed by atoms with Crippen molar-refractivity contribution in [3.8, 4) is 0 Å². The van der Waals surface area contributed by atoms with Crippen molar-refractivity contribution in [3.05, 3.63) is 24.3 Å². The van der Waals surface area contributed by atoms with E-state index in [0.29, 0.717) is 17.9 Å². The van der Waals surface area contributed by atoms with Gasteiger partial charge in [0.2, 0.25) is 0 Å². The molecule has 120 valence electrons. The van der Waals surface area contributed by atoms with Gasteiger partial charge in [-0.1, -0.05) is 32.6 Å². The van der Waals surface area contributed by atoms with Gasteiger partial charge in [0.15, 0.2) is 0 Å². The van der Waals surface area contributed by atoms with Crippen molar-refractivity contribution in [2.24, 2.45) is 17.3 Å². The lowest BCUT2D eigenvalue weighted by molar-refractivity contribution is -0.154. The summed E-state index contributed by atoms with van der Waals surface area (Å²) in [6.45, 7) is 12.1. The Morgan fingerprint density at radius 1 is 1.41 bits per heavy atom. The van der Waals surface area contributed by atoms with Crippen molar-refractivity contribution in [3.63, 3.8) is 0 Å². The summed E-state index contributed by atoms with van der Waals surface area (Å²) < 4.78 is 11.0. The Morgan fingerprint density at radius 3 is 2.82 bits per heavy atom. The topological polar surface area (TPSA) is 52.6 Å². The summed E-state index contributed by atoms with van der Waals surface area (Å²) in [6, 6.07) is 0. The Bertz CT molecular complexity index is 549. The van der Waals surface area contributed by atoms with Gasteiger partial charge >= 0.3 is 11.9 Å². The lowest BCUT2D eigenvalue weighted by Gasteiger charge is -2.51. The molecule has 0 spiro atoms. The minimum absolute atomic E-state index is 0.0277. The molecule has 5 atom stereocenters. The van der Waals surface area contributed by atoms with Gasteiger partial charge in [-0.25, -0.2) is 4.79 Å². The van der Waals surface area contributed by atoms with Gasteiger partial charge < -0.3 is 9.47 Å². The summed E-state index contributed by atoms with van der Waals surface area (Å²) in [4.78, 5) is 23.4. The third-order valence-corrected chi connectivity index (χ3v) is 5.68. The van der Waals surface area contributed by atoms with Crippen LogP contribution in [0.1, 0.15) is 46.0 Å². The van der Waals surface area contributed by atoms with Gasteiger partial charge in [-0.15, -0.1) is 0 Å². The highest BCUT2D eigenvalue weighted by Crippen LogP contribution is 2.57. The van der Waals surface area contributed by atoms with Crippen LogP contribution in [0.4, 0.5) is 0 Å². The van der Waals surface area contributed by atoms with E-state index in [9.17, 15) is 9.59 Å². The van der Waals surface area contributed by atoms with E-state index in [1.807, 2.05) is 0 Å². The molecule has 0 aromatic carbocycles. The third kappa shape index (κ3) is 2.38. The molecule has 2 saturated carbocycles. The van der Waals surface area contributed by atoms with Crippen LogP contribution in [0, 0.1) is 17.3 Å². The normalized spacial score (nSPS) is 40.7. The van der Waals surface area contributed by atoms with Gasteiger partial charge in [-0.05, 0) is 30.6 Å². The highest BCUT2D eigenvalue weighted by molar-refractivity contribution is 5.90. The van der Waals surface area contributed by atoms with Crippen molar-refractivity contribution in [2.45, 2.75) is 58.2 Å². The molecule has 0 aromatic heterocycles. The summed E-state index contributed by atoms with van der Waals surface area (Å²) in [5, 5.41) is 0. The zero-order valence-electron chi connectivity index (χ0n) is 13.4. The minimum Gasteiger partial charge on any atom is -0.462 e. The molecule has 0 radical (unpaired) electrons. The average molecular weight is 304 g/mol. The highest BCUT2D eigenvalue weighted by atomic mass is 16.6. The number of esters is 2. The van der Waals surface area contributed by atoms with Crippen molar-refractivity contribution < 1.29 is 19.1 Å². The van der Waals surface area contributed by atoms with Gasteiger partial charge in [-0.3, -0.25) is 4.79 Å². The molecule has 0 N–H and O–H groups in total. The lowest BCUT2D eigenvalue weighted by atomic mass is 9.55. The molecule has 1 saturated heterocycles. The first kappa shape index (κ1) is 15.3. The Labute approximate surface area is 131 Å². The summed E-state index contributed by atoms with van der Waals surface area (Å²) in [5.41, 5.74) is 1.72. The monoisotopic (exact) mass is 304 g/mol. The fourth-order valence-electron chi connectivity index (χ4n) is 4.55. The third-order valence-electron chi connectivity index (χ3n) is 5.68. The SMILES string of the molecule is C=C1C[C@H](OC(=O)CC)C[C@]2(C)C[C@H]3OC(=O)C(=C)[C@H]3CC12. The molecule has 4 nitrogen and oxygen atoms in total. The zero-order valence-corrected chi connectivity index (χ0v) is 13.4. The molecule has 0 bridgehead atoms. The van der Waals surface area contributed by atoms with Crippen LogP contribution in [0.15, 0.2) is 24.3 Å². The van der Waals surface area contributed by atoms with E-state index in [-0.39, 0.29) is 35.5 Å². The van der Waals surface area contributed by atoms with Crippen LogP contribution < -0.4 is 0 Å². The number of hydrogen-bond acceptors (Lipinski definition) is 4. The van der Waals surface area contributed by atoms with Gasteiger partial charge in [0.1, 0.15) is 12.2 Å². The Balaban J connectivity index is 1.79. The van der Waals surface area contributed by atoms with Crippen molar-refractivity contribution in [2.75, 3.05) is 0 Å². The number of hydrogen-bond donors (Lipinski definition) is 0. The van der Waals surface area contributed by atoms with E-state index in [0.717, 1.165) is 31.3 Å². The molecule has 1 unspecified atom stereocenters. The zero-order chi connectivity index (χ0) is 16.1. The van der Waals surface area contributed by atoms with Crippen molar-refractivity contribution >= 4 is 11.9 Å². The van der Waals surface area contributed by atoms with Gasteiger partial charge in [0.25, 0.3) is 0 Å². The van der Waals surface area contributed by atoms with E-state index in [1.165, 1.54) is 0 Å². The van der Waals surface area contributed by atoms with Crippen molar-refractivity contribution in [1.29, 1.82) is 0 Å². The maximum absolute atomic E-state index is 11.8. The number of fused-ring (bicyclic) bond motifs is 2. The molecule has 22 heavy (non-hydrogen) atoms. The first-order valence-corrected chi connectivity index (χ1v) is 8.11. The number of carbonyl (C=O) groups excluding carboxylic acids is 2. The van der Waals surface area contributed by atoms with Crippen LogP contribution in [0.2, 0.25) is 0 Å². The fraction of sp³-hybridized carbons (Fsp3) is 0.667. The van der Waals surface area contributed by atoms with E-state index in [4.69, 9.17) is 9.47 Å². The van der Waals surface area contributed by atoms with Gasteiger partial charge in [-0.2, -0.15) is 0 Å². The minimum atomic E-state index is -0.253. The van der Waals surface area contributed by atoms with E-state index in [2.05, 4.69) is 20.1 Å². The van der Waals surface area contributed by atoms with E-state index >= 15 is 0 Å². The predicted octanol–water partition coefficient (Wildman–Crippen LogP) is 3.17. The molecule has 2 aliphatic carbocycles. The standard InChI is InChI=1S/C18H24O4/c1-5-16(19)21-12-6-10(2)14-7-13-11(3)17(20)22-15(13)9-18(14,4)8-12/h12-15H,2-3,5-9H2,1,4H3/t12-,13+,14?,15+,18+/m0/s1. The lowest BCUT2D eigenvalue weighted by Crippen LogP contribution is -2.47. The molecule has 1 heterocycles. The molecule has 1 aliphatic heterocycles. The predicted molar refractivity (Wildman–Crippen MR) is 81.9 cm³/mol. The van der Waals surface area contributed by atoms with Crippen LogP contribution in [0.3, 0.4) is 0 Å². The maximum Gasteiger partial charge on any atom is 0.334 e. The van der Waals surface area contributed by atoms with Crippen LogP contribution in [-0.4, -0.2) is 24.1 Å². The second kappa shape index (κ2) is 5.25. The fourth-order valence-corrected chi connectivity index (χ4v) is 4.55. The van der Waals surface area contributed by atoms with E-state index in [1.54, 1.807) is 6.92 Å². The summed E-state index contributed by atoms with van der Waals surface area (Å²) in [5.74, 6) is 0.0553. The molecule has 4 heteroatoms. The number of carbonyl (C=O) groups is 2. The largest absolute Gasteiger partial charge is 0.462 e. The molecule has 3 aliphatic rings. The maximum atomic E-state index is 11.8. The quantitative estimate of drug-likeness (QED) is 0.447. The summed E-state index contributed by atoms with van der Waals surface area (Å²) in [6.07, 6.45) is 3.43. The molecular weight excluding hydrogens is 280 g/mol. The summed E-state index contributed by atoms with van der Waals surface area (Å²) >= 11 is 0. The number of rotatable bonds is 2. The molecular formula is C18H24O4. The Kier molecular flexibility index (Phi) is 3.66. The van der Waals surface area contributed by atoms with Crippen molar-refractivity contribution in [1.82, 2.24) is 0 Å². The van der Waals surface area contributed by atoms with E-state index < -0.39 is 0 Å². The second-order valence-corrected chi connectivity index (χ2v) is 7.25. The second-order valence-electron chi connectivity index (χ2n) is 7.25. The smallest absolute Gasteiger partial charge is 0.334 e. The Hall–Kier alpha value is -1.58. The average Bonchev–Trinajstić information content (AvgIpc) is 2.70. The Morgan fingerprint density at radius 2 is 2.14 bits per heavy atom. The van der Waals surface area contributed by atoms with Gasteiger partial charge in [0, 0.05) is 24.3 Å². The molecule has 0 amide bonds. The summed E-state index contributed by atoms with van der Waals surface area (Å²) in [7, 11) is 0. The molecule has 3 rings (SSSR count). The van der Waals surface area contributed by atoms with Gasteiger partial charge in [0.05, 0.1) is 0 Å². The number of ether oxygens (including phenoxy) is 2.